The fraction of sp³-hybridized carbons (Fsp3) is 0.539. The molecule has 2 amide bonds. The maximum atomic E-state index is 16.0. The lowest BCUT2D eigenvalue weighted by Gasteiger charge is -2.68. The van der Waals surface area contributed by atoms with Crippen molar-refractivity contribution < 1.29 is 82.2 Å². The molecule has 4 aliphatic carbocycles. The Balaban J connectivity index is 1.00. The predicted molar refractivity (Wildman–Crippen MR) is 351 cm³/mol. The minimum Gasteiger partial charge on any atom is -0.550 e. The minimum absolute atomic E-state index is 0.0382. The molecule has 0 spiro atoms. The number of carbonyl (C=O) groups excluding carboxylic acids is 9. The van der Waals surface area contributed by atoms with Gasteiger partial charge in [-0.1, -0.05) is 183 Å². The molecule has 19 heteroatoms. The van der Waals surface area contributed by atoms with Crippen LogP contribution in [0.25, 0.3) is 0 Å². The van der Waals surface area contributed by atoms with E-state index in [2.05, 4.69) is 10.6 Å². The van der Waals surface area contributed by atoms with Crippen molar-refractivity contribution in [3.8, 4) is 0 Å². The van der Waals surface area contributed by atoms with Crippen molar-refractivity contribution in [3.63, 3.8) is 0 Å². The van der Waals surface area contributed by atoms with Crippen LogP contribution in [0.2, 0.25) is 0 Å². The molecule has 0 unspecified atom stereocenters. The Labute approximate surface area is 557 Å². The quantitative estimate of drug-likeness (QED) is 0.0113. The number of esters is 5. The highest BCUT2D eigenvalue weighted by Crippen LogP contribution is 2.67. The summed E-state index contributed by atoms with van der Waals surface area (Å²) in [6, 6.07) is 29.9. The number of anilines is 1. The van der Waals surface area contributed by atoms with Crippen molar-refractivity contribution in [2.24, 2.45) is 22.7 Å². The number of aliphatic hydroxyl groups excluding tert-OH is 1. The highest BCUT2D eigenvalue weighted by Gasteiger charge is 2.77. The topological polar surface area (TPSA) is 287 Å². The number of ether oxygens (including phenoxy) is 5. The third kappa shape index (κ3) is 17.5. The first-order chi connectivity index (χ1) is 45.4. The molecule has 3 saturated carbocycles. The zero-order valence-electron chi connectivity index (χ0n) is 55.9. The van der Waals surface area contributed by atoms with Gasteiger partial charge >= 0.3 is 29.8 Å². The van der Waals surface area contributed by atoms with Gasteiger partial charge in [0.15, 0.2) is 11.9 Å². The minimum atomic E-state index is -2.47. The van der Waals surface area contributed by atoms with E-state index in [1.165, 1.54) is 97.1 Å². The molecule has 0 saturated heterocycles. The fourth-order valence-electron chi connectivity index (χ4n) is 15.2. The molecular formula is C76H95N2O17-. The number of rotatable bonds is 33. The molecule has 512 valence electrons. The van der Waals surface area contributed by atoms with Gasteiger partial charge in [0, 0.05) is 48.8 Å². The lowest BCUT2D eigenvalue weighted by molar-refractivity contribution is -0.305. The van der Waals surface area contributed by atoms with Crippen molar-refractivity contribution in [1.82, 2.24) is 5.32 Å². The molecule has 3 fully saturated rings. The number of amides is 2. The molecule has 19 nitrogen and oxygen atoms in total. The second kappa shape index (κ2) is 33.1. The van der Waals surface area contributed by atoms with E-state index in [1.54, 1.807) is 105 Å². The lowest BCUT2D eigenvalue weighted by atomic mass is 9.41. The third-order valence-electron chi connectivity index (χ3n) is 20.4. The average molecular weight is 1310 g/mol. The Morgan fingerprint density at radius 3 is 1.73 bits per heavy atom. The summed E-state index contributed by atoms with van der Waals surface area (Å²) in [5, 5.41) is 42.7. The van der Waals surface area contributed by atoms with Gasteiger partial charge in [0.2, 0.25) is 12.0 Å². The number of aliphatic hydroxyl groups is 2. The first-order valence-corrected chi connectivity index (χ1v) is 34.1. The van der Waals surface area contributed by atoms with E-state index in [9.17, 15) is 48.9 Å². The summed E-state index contributed by atoms with van der Waals surface area (Å²) < 4.78 is 31.4. The number of fused-ring (bicyclic) bond motifs is 5. The molecule has 8 rings (SSSR count). The molecule has 4 N–H and O–H groups in total. The monoisotopic (exact) mass is 1310 g/mol. The number of Topliss-reactive ketones (excluding diaryl/α,β-unsaturated/α-hetero) is 1. The van der Waals surface area contributed by atoms with Crippen LogP contribution < -0.4 is 15.7 Å². The van der Waals surface area contributed by atoms with E-state index in [1.807, 2.05) is 12.1 Å². The van der Waals surface area contributed by atoms with Gasteiger partial charge in [0.05, 0.1) is 23.0 Å². The molecule has 4 aromatic rings. The van der Waals surface area contributed by atoms with E-state index < -0.39 is 137 Å². The number of carbonyl (C=O) groups is 9. The van der Waals surface area contributed by atoms with Crippen LogP contribution in [0.5, 0.6) is 0 Å². The maximum Gasteiger partial charge on any atom is 0.350 e. The van der Waals surface area contributed by atoms with Gasteiger partial charge in [0.1, 0.15) is 35.9 Å². The van der Waals surface area contributed by atoms with Crippen molar-refractivity contribution >= 4 is 59.1 Å². The smallest absolute Gasteiger partial charge is 0.350 e. The number of carboxylic acid groups (broad SMARTS) is 1. The molecule has 0 aliphatic heterocycles. The fourth-order valence-corrected chi connectivity index (χ4v) is 15.2. The first-order valence-electron chi connectivity index (χ1n) is 34.1. The Bertz CT molecular complexity index is 3350. The summed E-state index contributed by atoms with van der Waals surface area (Å²) in [4.78, 5) is 126. The van der Waals surface area contributed by atoms with E-state index in [0.717, 1.165) is 51.0 Å². The van der Waals surface area contributed by atoms with Crippen molar-refractivity contribution in [1.29, 1.82) is 0 Å². The molecule has 0 radical (unpaired) electrons. The summed E-state index contributed by atoms with van der Waals surface area (Å²) in [7, 11) is 0. The standard InChI is InChI=1S/C76H96N2O17/c1-49-58(48-76(90)69(94-71(88)55-37-29-23-30-38-55)67-74(6,59(81)46-56-44-45-75(56,67)95-51(3)80)68(86)65(91-50(2)79)63(49)73(76,4)5)92-72(89)66(64(53-33-25-21-26-34-53)78-70(87)54-35-27-22-28-36-54)93-62(85)47-60(82)77-57-42-40-52(41-43-57)32-24-19-17-15-13-11-9-7-8-10-12-14-16-18-20-31-39-61(83)84/h21-23,25-30,33-38,40-43,56,58-59,64-67,69,81,90H,7-20,24,31-32,39,44-48H2,1-6H3,(H,77,82)(H,78,87)(H,83,84)/p-1/t56-,58+,59+,64+,65-,66-,67+,69+,74-,75+,76-/m1/s1. The number of hydrogen-bond acceptors (Lipinski definition) is 17. The number of ketones is 1. The van der Waals surface area contributed by atoms with Crippen LogP contribution in [-0.4, -0.2) is 105 Å². The van der Waals surface area contributed by atoms with Crippen LogP contribution in [0.3, 0.4) is 0 Å². The molecule has 0 heterocycles. The SMILES string of the molecule is CC(=O)O[C@H]1C(=O)[C@@]2(C)[C@H]([C@H](OC(=O)c3ccccc3)[C@]3(O)C[C@H](OC(=O)[C@H](OC(=O)CC(=O)Nc4ccc(CCCCCCCCCCCCCCCCCCC(=O)[O-])cc4)[C@@H](NC(=O)c4ccccc4)c4ccccc4)C(C)=C1C3(C)C)[C@]1(OC(C)=O)CC[C@@H]1C[C@@H]2O. The van der Waals surface area contributed by atoms with Gasteiger partial charge < -0.3 is 54.4 Å². The van der Waals surface area contributed by atoms with Crippen LogP contribution in [0.1, 0.15) is 221 Å². The van der Waals surface area contributed by atoms with Crippen molar-refractivity contribution in [2.45, 2.75) is 237 Å². The summed E-state index contributed by atoms with van der Waals surface area (Å²) in [5.74, 6) is -10.4. The second-order valence-corrected chi connectivity index (χ2v) is 27.2. The van der Waals surface area contributed by atoms with Crippen LogP contribution in [0.4, 0.5) is 5.69 Å². The van der Waals surface area contributed by atoms with Crippen LogP contribution >= 0.6 is 0 Å². The van der Waals surface area contributed by atoms with Gasteiger partial charge in [-0.15, -0.1) is 0 Å². The predicted octanol–water partition coefficient (Wildman–Crippen LogP) is 11.3. The van der Waals surface area contributed by atoms with Gasteiger partial charge in [0.25, 0.3) is 5.91 Å². The van der Waals surface area contributed by atoms with Crippen molar-refractivity contribution in [3.05, 3.63) is 149 Å². The largest absolute Gasteiger partial charge is 0.550 e. The average Bonchev–Trinajstić information content (AvgIpc) is 0.670. The maximum absolute atomic E-state index is 16.0. The van der Waals surface area contributed by atoms with Gasteiger partial charge in [-0.25, -0.2) is 9.59 Å². The number of carboxylic acids is 1. The number of benzene rings is 4. The molecule has 95 heavy (non-hydrogen) atoms. The molecule has 4 aliphatic rings. The first kappa shape index (κ1) is 72.8. The second-order valence-electron chi connectivity index (χ2n) is 27.2. The number of aryl methyl sites for hydroxylation is 1. The highest BCUT2D eigenvalue weighted by atomic mass is 16.6. The summed E-state index contributed by atoms with van der Waals surface area (Å²) in [6.45, 7) is 8.37. The van der Waals surface area contributed by atoms with E-state index >= 15 is 9.59 Å². The Kier molecular flexibility index (Phi) is 25.4. The Morgan fingerprint density at radius 2 is 1.20 bits per heavy atom. The molecule has 2 bridgehead atoms. The van der Waals surface area contributed by atoms with Crippen molar-refractivity contribution in [2.75, 3.05) is 5.32 Å². The number of unbranched alkanes of at least 4 members (excludes halogenated alkanes) is 15. The van der Waals surface area contributed by atoms with Gasteiger partial charge in [-0.05, 0) is 117 Å². The van der Waals surface area contributed by atoms with E-state index in [-0.39, 0.29) is 47.1 Å². The van der Waals surface area contributed by atoms with E-state index in [0.29, 0.717) is 18.5 Å². The van der Waals surface area contributed by atoms with E-state index in [4.69, 9.17) is 23.7 Å². The molecular weight excluding hydrogens is 1210 g/mol. The number of aliphatic carboxylic acids is 1. The zero-order valence-corrected chi connectivity index (χ0v) is 55.9. The summed E-state index contributed by atoms with van der Waals surface area (Å²) >= 11 is 0. The van der Waals surface area contributed by atoms with Crippen LogP contribution in [-0.2, 0) is 63.7 Å². The Hall–Kier alpha value is -8.03. The van der Waals surface area contributed by atoms with Gasteiger partial charge in [-0.3, -0.25) is 28.8 Å². The Morgan fingerprint density at radius 1 is 0.663 bits per heavy atom. The van der Waals surface area contributed by atoms with Crippen LogP contribution in [0, 0.1) is 22.7 Å². The lowest BCUT2D eigenvalue weighted by Crippen LogP contribution is -2.78. The number of hydrogen-bond donors (Lipinski definition) is 4. The van der Waals surface area contributed by atoms with Crippen LogP contribution in [0.15, 0.2) is 126 Å². The highest BCUT2D eigenvalue weighted by molar-refractivity contribution is 6.02. The summed E-state index contributed by atoms with van der Waals surface area (Å²) in [5.41, 5.74) is -5.82. The molecule has 0 aromatic heterocycles. The zero-order chi connectivity index (χ0) is 68.5. The number of nitrogens with one attached hydrogen (secondary N) is 2. The third-order valence-corrected chi connectivity index (χ3v) is 20.4. The molecule has 11 atom stereocenters. The van der Waals surface area contributed by atoms with Gasteiger partial charge in [-0.2, -0.15) is 0 Å². The molecule has 4 aromatic carbocycles. The summed E-state index contributed by atoms with van der Waals surface area (Å²) in [6.07, 6.45) is 9.40. The normalized spacial score (nSPS) is 24.7.